The van der Waals surface area contributed by atoms with Crippen LogP contribution >= 0.6 is 0 Å². The lowest BCUT2D eigenvalue weighted by Crippen LogP contribution is -2.46. The summed E-state index contributed by atoms with van der Waals surface area (Å²) in [5.74, 6) is -8.08. The van der Waals surface area contributed by atoms with Crippen molar-refractivity contribution < 1.29 is 26.3 Å². The monoisotopic (exact) mass is 208 g/mol. The molecule has 1 unspecified atom stereocenters. The van der Waals surface area contributed by atoms with Gasteiger partial charge in [-0.3, -0.25) is 0 Å². The summed E-state index contributed by atoms with van der Waals surface area (Å²) in [6.07, 6.45) is -1.99. The second-order valence-electron chi connectivity index (χ2n) is 3.28. The van der Waals surface area contributed by atoms with E-state index in [-0.39, 0.29) is 13.8 Å². The highest BCUT2D eigenvalue weighted by molar-refractivity contribution is 4.92. The topological polar surface area (TPSA) is 0 Å². The lowest BCUT2D eigenvalue weighted by Gasteiger charge is -2.29. The molecule has 0 heterocycles. The van der Waals surface area contributed by atoms with E-state index in [9.17, 15) is 26.3 Å². The fourth-order valence-corrected chi connectivity index (χ4v) is 0.672. The predicted molar refractivity (Wildman–Crippen MR) is 35.7 cm³/mol. The van der Waals surface area contributed by atoms with Gasteiger partial charge in [-0.1, -0.05) is 0 Å². The summed E-state index contributed by atoms with van der Waals surface area (Å²) in [6.45, 7) is -1.50. The molecule has 0 nitrogen and oxygen atoms in total. The average molecular weight is 208 g/mol. The third-order valence-electron chi connectivity index (χ3n) is 1.55. The van der Waals surface area contributed by atoms with E-state index in [1.165, 1.54) is 0 Å². The summed E-state index contributed by atoms with van der Waals surface area (Å²) in [5.41, 5.74) is -3.54. The molecule has 0 aromatic heterocycles. The van der Waals surface area contributed by atoms with Crippen molar-refractivity contribution in [2.75, 3.05) is 6.67 Å². The van der Waals surface area contributed by atoms with Gasteiger partial charge in [0, 0.05) is 0 Å². The first-order valence-electron chi connectivity index (χ1n) is 3.52. The van der Waals surface area contributed by atoms with Crippen LogP contribution in [0.25, 0.3) is 0 Å². The molecule has 0 aromatic rings. The van der Waals surface area contributed by atoms with Crippen molar-refractivity contribution in [3.05, 3.63) is 0 Å². The van der Waals surface area contributed by atoms with Gasteiger partial charge in [0.25, 0.3) is 11.8 Å². The standard InChI is InChI=1S/C7H10F6/c1-5(9,4-8)7(12,13)3-6(2,10)11/h3-4H2,1-2H3. The van der Waals surface area contributed by atoms with E-state index in [0.29, 0.717) is 0 Å². The van der Waals surface area contributed by atoms with Crippen molar-refractivity contribution in [2.24, 2.45) is 0 Å². The van der Waals surface area contributed by atoms with E-state index < -0.39 is 30.6 Å². The van der Waals surface area contributed by atoms with Crippen LogP contribution in [0.4, 0.5) is 26.3 Å². The molecule has 0 radical (unpaired) electrons. The fraction of sp³-hybridized carbons (Fsp3) is 1.00. The van der Waals surface area contributed by atoms with Crippen LogP contribution in [0.1, 0.15) is 20.3 Å². The Morgan fingerprint density at radius 1 is 0.923 bits per heavy atom. The molecule has 0 aromatic carbocycles. The maximum absolute atomic E-state index is 12.7. The van der Waals surface area contributed by atoms with Gasteiger partial charge in [0.15, 0.2) is 5.67 Å². The first-order valence-corrected chi connectivity index (χ1v) is 3.52. The first kappa shape index (κ1) is 12.6. The zero-order valence-corrected chi connectivity index (χ0v) is 7.18. The molecule has 6 heteroatoms. The molecule has 0 amide bonds. The summed E-state index contributed by atoms with van der Waals surface area (Å²) < 4.78 is 73.8. The minimum atomic E-state index is -4.36. The molecule has 0 N–H and O–H groups in total. The molecule has 0 aliphatic carbocycles. The largest absolute Gasteiger partial charge is 0.289 e. The maximum Gasteiger partial charge on any atom is 0.289 e. The van der Waals surface area contributed by atoms with Crippen LogP contribution in [0.3, 0.4) is 0 Å². The van der Waals surface area contributed by atoms with Crippen LogP contribution in [0, 0.1) is 0 Å². The highest BCUT2D eigenvalue weighted by Crippen LogP contribution is 2.40. The van der Waals surface area contributed by atoms with Crippen LogP contribution in [-0.2, 0) is 0 Å². The number of hydrogen-bond donors (Lipinski definition) is 0. The SMILES string of the molecule is CC(F)(F)CC(F)(F)C(C)(F)CF. The molecule has 0 fully saturated rings. The molecular formula is C7H10F6. The Kier molecular flexibility index (Phi) is 3.27. The minimum absolute atomic E-state index is 0.231. The maximum atomic E-state index is 12.7. The van der Waals surface area contributed by atoms with E-state index in [4.69, 9.17) is 0 Å². The summed E-state index contributed by atoms with van der Waals surface area (Å²) in [7, 11) is 0. The molecule has 80 valence electrons. The van der Waals surface area contributed by atoms with Crippen molar-refractivity contribution in [3.8, 4) is 0 Å². The van der Waals surface area contributed by atoms with Crippen molar-refractivity contribution in [1.29, 1.82) is 0 Å². The first-order chi connectivity index (χ1) is 5.52. The number of alkyl halides is 6. The molecule has 0 aliphatic heterocycles. The van der Waals surface area contributed by atoms with E-state index in [0.717, 1.165) is 0 Å². The van der Waals surface area contributed by atoms with Gasteiger partial charge in [0.1, 0.15) is 6.67 Å². The van der Waals surface area contributed by atoms with Crippen molar-refractivity contribution in [2.45, 2.75) is 37.8 Å². The van der Waals surface area contributed by atoms with Gasteiger partial charge in [0.05, 0.1) is 6.42 Å². The van der Waals surface area contributed by atoms with Crippen LogP contribution in [0.5, 0.6) is 0 Å². The quantitative estimate of drug-likeness (QED) is 0.621. The van der Waals surface area contributed by atoms with E-state index in [1.807, 2.05) is 0 Å². The molecular weight excluding hydrogens is 198 g/mol. The van der Waals surface area contributed by atoms with Crippen molar-refractivity contribution in [3.63, 3.8) is 0 Å². The molecule has 0 saturated carbocycles. The highest BCUT2D eigenvalue weighted by Gasteiger charge is 2.55. The second-order valence-corrected chi connectivity index (χ2v) is 3.28. The predicted octanol–water partition coefficient (Wildman–Crippen LogP) is 3.36. The van der Waals surface area contributed by atoms with Crippen LogP contribution in [0.15, 0.2) is 0 Å². The number of rotatable bonds is 4. The molecule has 13 heavy (non-hydrogen) atoms. The van der Waals surface area contributed by atoms with Gasteiger partial charge in [-0.05, 0) is 13.8 Å². The Balaban J connectivity index is 4.58. The third kappa shape index (κ3) is 3.44. The van der Waals surface area contributed by atoms with Gasteiger partial charge in [0.2, 0.25) is 0 Å². The summed E-state index contributed by atoms with van der Waals surface area (Å²) in [6, 6.07) is 0. The van der Waals surface area contributed by atoms with Crippen LogP contribution in [-0.4, -0.2) is 24.2 Å². The molecule has 0 saturated heterocycles. The lowest BCUT2D eigenvalue weighted by atomic mass is 9.96. The Labute approximate surface area is 71.9 Å². The van der Waals surface area contributed by atoms with Gasteiger partial charge >= 0.3 is 0 Å². The van der Waals surface area contributed by atoms with Gasteiger partial charge in [-0.25, -0.2) is 26.3 Å². The molecule has 0 bridgehead atoms. The lowest BCUT2D eigenvalue weighted by molar-refractivity contribution is -0.181. The third-order valence-corrected chi connectivity index (χ3v) is 1.55. The van der Waals surface area contributed by atoms with Crippen molar-refractivity contribution >= 4 is 0 Å². The van der Waals surface area contributed by atoms with E-state index in [1.54, 1.807) is 0 Å². The van der Waals surface area contributed by atoms with Crippen LogP contribution in [0.2, 0.25) is 0 Å². The minimum Gasteiger partial charge on any atom is -0.247 e. The van der Waals surface area contributed by atoms with Crippen LogP contribution < -0.4 is 0 Å². The van der Waals surface area contributed by atoms with E-state index >= 15 is 0 Å². The van der Waals surface area contributed by atoms with E-state index in [2.05, 4.69) is 0 Å². The normalized spacial score (nSPS) is 18.5. The smallest absolute Gasteiger partial charge is 0.247 e. The van der Waals surface area contributed by atoms with Crippen molar-refractivity contribution in [1.82, 2.24) is 0 Å². The van der Waals surface area contributed by atoms with Gasteiger partial charge in [-0.2, -0.15) is 0 Å². The molecule has 1 atom stereocenters. The zero-order chi connectivity index (χ0) is 10.9. The average Bonchev–Trinajstić information content (AvgIpc) is 1.81. The Morgan fingerprint density at radius 2 is 1.31 bits per heavy atom. The summed E-state index contributed by atoms with van der Waals surface area (Å²) in [4.78, 5) is 0. The number of hydrogen-bond acceptors (Lipinski definition) is 0. The van der Waals surface area contributed by atoms with Gasteiger partial charge < -0.3 is 0 Å². The highest BCUT2D eigenvalue weighted by atomic mass is 19.3. The Bertz CT molecular complexity index is 168. The Morgan fingerprint density at radius 3 is 1.54 bits per heavy atom. The molecule has 0 rings (SSSR count). The Hall–Kier alpha value is -0.420. The number of halogens is 6. The summed E-state index contributed by atoms with van der Waals surface area (Å²) >= 11 is 0. The molecule has 0 aliphatic rings. The summed E-state index contributed by atoms with van der Waals surface area (Å²) in [5, 5.41) is 0. The second kappa shape index (κ2) is 3.38. The zero-order valence-electron chi connectivity index (χ0n) is 7.18. The fourth-order valence-electron chi connectivity index (χ4n) is 0.672. The molecule has 0 spiro atoms. The van der Waals surface area contributed by atoms with Gasteiger partial charge in [-0.15, -0.1) is 0 Å².